The van der Waals surface area contributed by atoms with Crippen LogP contribution in [0.3, 0.4) is 0 Å². The predicted octanol–water partition coefficient (Wildman–Crippen LogP) is -0.0763. The third kappa shape index (κ3) is 4.04. The molecule has 0 aromatic carbocycles. The fourth-order valence-corrected chi connectivity index (χ4v) is 0.401. The molecule has 4 heteroatoms. The molecule has 0 aliphatic heterocycles. The van der Waals surface area contributed by atoms with Gasteiger partial charge in [-0.1, -0.05) is 0 Å². The molecule has 3 N–H and O–H groups in total. The van der Waals surface area contributed by atoms with Gasteiger partial charge >= 0.3 is 0 Å². The molecule has 7 heavy (non-hydrogen) atoms. The Balaban J connectivity index is 2.83. The molecule has 0 saturated heterocycles. The lowest BCUT2D eigenvalue weighted by Crippen LogP contribution is -2.26. The van der Waals surface area contributed by atoms with Crippen molar-refractivity contribution in [3.8, 4) is 0 Å². The van der Waals surface area contributed by atoms with Crippen LogP contribution in [-0.2, 0) is 0 Å². The van der Waals surface area contributed by atoms with Crippen molar-refractivity contribution < 1.29 is 8.99 Å². The second-order valence-electron chi connectivity index (χ2n) is 1.22. The molecule has 1 unspecified atom stereocenters. The number of aliphatic hydroxyl groups is 1. The Bertz CT molecular complexity index is 45.9. The molecule has 0 spiro atoms. The summed E-state index contributed by atoms with van der Waals surface area (Å²) in [6.07, 6.45) is 0. The van der Waals surface area contributed by atoms with Crippen molar-refractivity contribution >= 4 is 12.1 Å². The molecule has 0 heterocycles. The maximum atomic E-state index is 11.2. The average molecular weight is 125 g/mol. The highest BCUT2D eigenvalue weighted by Crippen LogP contribution is 1.99. The minimum atomic E-state index is -0.407. The molecule has 0 aliphatic carbocycles. The Hall–Kier alpha value is 0.200. The molecular formula is C3H8FNOS. The molecule has 0 aromatic rings. The molecule has 0 saturated carbocycles. The van der Waals surface area contributed by atoms with Crippen LogP contribution in [0.5, 0.6) is 0 Å². The maximum Gasteiger partial charge on any atom is 0.0591 e. The molecule has 0 radical (unpaired) electrons. The van der Waals surface area contributed by atoms with Crippen LogP contribution < -0.4 is 5.73 Å². The fourth-order valence-electron chi connectivity index (χ4n) is 0.134. The van der Waals surface area contributed by atoms with E-state index in [9.17, 15) is 3.89 Å². The number of hydrogen-bond donors (Lipinski definition) is 2. The Morgan fingerprint density at radius 3 is 2.57 bits per heavy atom. The zero-order valence-electron chi connectivity index (χ0n) is 3.80. The van der Waals surface area contributed by atoms with Gasteiger partial charge in [0.2, 0.25) is 0 Å². The third-order valence-electron chi connectivity index (χ3n) is 0.512. The molecular weight excluding hydrogens is 117 g/mol. The van der Waals surface area contributed by atoms with Gasteiger partial charge in [0.1, 0.15) is 0 Å². The summed E-state index contributed by atoms with van der Waals surface area (Å²) in [5, 5.41) is 8.16. The quantitative estimate of drug-likeness (QED) is 0.554. The minimum absolute atomic E-state index is 0.142. The standard InChI is InChI=1S/C3H8FNOS/c4-7-2-3(5)1-6/h3,6H,1-2,5H2. The zero-order chi connectivity index (χ0) is 5.70. The van der Waals surface area contributed by atoms with Crippen LogP contribution >= 0.6 is 12.1 Å². The van der Waals surface area contributed by atoms with Gasteiger partial charge in [-0.3, -0.25) is 0 Å². The van der Waals surface area contributed by atoms with Gasteiger partial charge in [-0.2, -0.15) is 3.89 Å². The predicted molar refractivity (Wildman–Crippen MR) is 28.6 cm³/mol. The number of rotatable bonds is 3. The largest absolute Gasteiger partial charge is 0.395 e. The van der Waals surface area contributed by atoms with E-state index in [1.165, 1.54) is 0 Å². The third-order valence-corrected chi connectivity index (χ3v) is 1.07. The summed E-state index contributed by atoms with van der Waals surface area (Å²) in [5.74, 6) is 0.177. The van der Waals surface area contributed by atoms with Gasteiger partial charge in [-0.05, 0) is 0 Å². The first kappa shape index (κ1) is 7.20. The molecule has 44 valence electrons. The van der Waals surface area contributed by atoms with E-state index in [2.05, 4.69) is 0 Å². The Morgan fingerprint density at radius 1 is 1.86 bits per heavy atom. The van der Waals surface area contributed by atoms with Crippen LogP contribution in [0.1, 0.15) is 0 Å². The van der Waals surface area contributed by atoms with E-state index in [-0.39, 0.29) is 24.5 Å². The number of aliphatic hydroxyl groups excluding tert-OH is 1. The van der Waals surface area contributed by atoms with Crippen molar-refractivity contribution in [2.45, 2.75) is 6.04 Å². The molecule has 0 rings (SSSR count). The van der Waals surface area contributed by atoms with Crippen LogP contribution in [0.15, 0.2) is 0 Å². The van der Waals surface area contributed by atoms with Gasteiger partial charge in [0.15, 0.2) is 0 Å². The van der Waals surface area contributed by atoms with Gasteiger partial charge in [0, 0.05) is 23.9 Å². The van der Waals surface area contributed by atoms with Gasteiger partial charge in [-0.25, -0.2) is 0 Å². The molecule has 0 amide bonds. The van der Waals surface area contributed by atoms with Crippen LogP contribution in [0.25, 0.3) is 0 Å². The lowest BCUT2D eigenvalue weighted by Gasteiger charge is -1.99. The van der Waals surface area contributed by atoms with E-state index in [1.54, 1.807) is 0 Å². The highest BCUT2D eigenvalue weighted by molar-refractivity contribution is 7.94. The summed E-state index contributed by atoms with van der Waals surface area (Å²) in [6, 6.07) is -0.407. The molecule has 0 aliphatic rings. The van der Waals surface area contributed by atoms with Crippen molar-refractivity contribution in [1.29, 1.82) is 0 Å². The van der Waals surface area contributed by atoms with Crippen molar-refractivity contribution in [3.05, 3.63) is 0 Å². The average Bonchev–Trinajstić information content (AvgIpc) is 1.68. The van der Waals surface area contributed by atoms with Gasteiger partial charge < -0.3 is 10.8 Å². The lowest BCUT2D eigenvalue weighted by molar-refractivity contribution is 0.275. The normalized spacial score (nSPS) is 14.1. The Kier molecular flexibility index (Phi) is 4.49. The summed E-state index contributed by atoms with van der Waals surface area (Å²) < 4.78 is 11.2. The summed E-state index contributed by atoms with van der Waals surface area (Å²) in [6.45, 7) is -0.142. The molecule has 0 aromatic heterocycles. The topological polar surface area (TPSA) is 46.2 Å². The lowest BCUT2D eigenvalue weighted by atomic mass is 10.4. The Labute approximate surface area is 46.2 Å². The van der Waals surface area contributed by atoms with Gasteiger partial charge in [0.25, 0.3) is 0 Å². The summed E-state index contributed by atoms with van der Waals surface area (Å²) in [5.41, 5.74) is 5.07. The second-order valence-corrected chi connectivity index (χ2v) is 1.77. The van der Waals surface area contributed by atoms with Crippen LogP contribution in [0, 0.1) is 0 Å². The van der Waals surface area contributed by atoms with E-state index in [4.69, 9.17) is 10.8 Å². The first-order valence-corrected chi connectivity index (χ1v) is 2.79. The highest BCUT2D eigenvalue weighted by Gasteiger charge is 1.97. The number of hydrogen-bond acceptors (Lipinski definition) is 3. The molecule has 0 fully saturated rings. The maximum absolute atomic E-state index is 11.2. The number of nitrogens with two attached hydrogens (primary N) is 1. The van der Waals surface area contributed by atoms with E-state index >= 15 is 0 Å². The van der Waals surface area contributed by atoms with Crippen molar-refractivity contribution in [1.82, 2.24) is 0 Å². The highest BCUT2D eigenvalue weighted by atomic mass is 32.2. The molecule has 1 atom stereocenters. The first-order chi connectivity index (χ1) is 3.31. The van der Waals surface area contributed by atoms with Crippen LogP contribution in [-0.4, -0.2) is 23.5 Å². The van der Waals surface area contributed by atoms with E-state index in [1.807, 2.05) is 0 Å². The summed E-state index contributed by atoms with van der Waals surface area (Å²) >= 11 is 0.149. The van der Waals surface area contributed by atoms with Crippen molar-refractivity contribution in [2.75, 3.05) is 12.4 Å². The summed E-state index contributed by atoms with van der Waals surface area (Å²) in [4.78, 5) is 0. The minimum Gasteiger partial charge on any atom is -0.395 e. The molecule has 0 bridgehead atoms. The smallest absolute Gasteiger partial charge is 0.0591 e. The van der Waals surface area contributed by atoms with Crippen molar-refractivity contribution in [2.24, 2.45) is 5.73 Å². The van der Waals surface area contributed by atoms with Gasteiger partial charge in [-0.15, -0.1) is 0 Å². The van der Waals surface area contributed by atoms with Crippen molar-refractivity contribution in [3.63, 3.8) is 0 Å². The monoisotopic (exact) mass is 125 g/mol. The molecule has 2 nitrogen and oxygen atoms in total. The first-order valence-electron chi connectivity index (χ1n) is 1.91. The fraction of sp³-hybridized carbons (Fsp3) is 1.00. The van der Waals surface area contributed by atoms with E-state index in [0.717, 1.165) is 0 Å². The Morgan fingerprint density at radius 2 is 2.43 bits per heavy atom. The van der Waals surface area contributed by atoms with E-state index < -0.39 is 6.04 Å². The van der Waals surface area contributed by atoms with Gasteiger partial charge in [0.05, 0.1) is 6.61 Å². The van der Waals surface area contributed by atoms with Crippen LogP contribution in [0.4, 0.5) is 3.89 Å². The second kappa shape index (κ2) is 4.36. The zero-order valence-corrected chi connectivity index (χ0v) is 4.62. The van der Waals surface area contributed by atoms with Crippen LogP contribution in [0.2, 0.25) is 0 Å². The van der Waals surface area contributed by atoms with E-state index in [0.29, 0.717) is 0 Å². The summed E-state index contributed by atoms with van der Waals surface area (Å²) in [7, 11) is 0. The SMILES string of the molecule is NC(CO)CSF. The number of halogens is 1.